The molecule has 0 aliphatic carbocycles. The number of furan rings is 1. The van der Waals surface area contributed by atoms with E-state index in [1.54, 1.807) is 4.90 Å². The Kier molecular flexibility index (Phi) is 3.31. The third kappa shape index (κ3) is 2.58. The van der Waals surface area contributed by atoms with Crippen LogP contribution in [0.1, 0.15) is 16.1 Å². The van der Waals surface area contributed by atoms with Gasteiger partial charge in [-0.25, -0.2) is 0 Å². The van der Waals surface area contributed by atoms with E-state index in [1.807, 2.05) is 24.3 Å². The summed E-state index contributed by atoms with van der Waals surface area (Å²) in [6.07, 6.45) is 0. The molecule has 0 unspecified atom stereocenters. The highest BCUT2D eigenvalue weighted by Gasteiger charge is 2.24. The van der Waals surface area contributed by atoms with E-state index in [4.69, 9.17) is 4.42 Å². The first-order valence-corrected chi connectivity index (χ1v) is 6.50. The SMILES string of the molecule is O=C(c1ccc([N+](=O)[O-])o1)N1CCNc2ccccc2C1. The Morgan fingerprint density at radius 2 is 2.10 bits per heavy atom. The van der Waals surface area contributed by atoms with Crippen LogP contribution in [0.3, 0.4) is 0 Å². The third-order valence-corrected chi connectivity index (χ3v) is 3.35. The zero-order valence-corrected chi connectivity index (χ0v) is 11.1. The molecule has 7 nitrogen and oxygen atoms in total. The molecule has 1 aliphatic heterocycles. The smallest absolute Gasteiger partial charge is 0.395 e. The molecule has 2 aromatic rings. The molecular formula is C14H13N3O4. The summed E-state index contributed by atoms with van der Waals surface area (Å²) in [5.74, 6) is -0.783. The fourth-order valence-electron chi connectivity index (χ4n) is 2.31. The first kappa shape index (κ1) is 13.2. The lowest BCUT2D eigenvalue weighted by atomic mass is 10.1. The molecule has 2 heterocycles. The van der Waals surface area contributed by atoms with Crippen LogP contribution in [0.15, 0.2) is 40.8 Å². The maximum atomic E-state index is 12.4. The van der Waals surface area contributed by atoms with Crippen molar-refractivity contribution < 1.29 is 14.1 Å². The largest absolute Gasteiger partial charge is 0.433 e. The second-order valence-corrected chi connectivity index (χ2v) is 4.71. The lowest BCUT2D eigenvalue weighted by Gasteiger charge is -2.18. The van der Waals surface area contributed by atoms with Crippen molar-refractivity contribution in [1.29, 1.82) is 0 Å². The Labute approximate surface area is 120 Å². The molecule has 0 atom stereocenters. The molecule has 3 rings (SSSR count). The van der Waals surface area contributed by atoms with Gasteiger partial charge < -0.3 is 14.6 Å². The average molecular weight is 287 g/mol. The van der Waals surface area contributed by atoms with Gasteiger partial charge in [0.05, 0.1) is 6.07 Å². The van der Waals surface area contributed by atoms with Crippen LogP contribution >= 0.6 is 0 Å². The zero-order valence-electron chi connectivity index (χ0n) is 11.1. The summed E-state index contributed by atoms with van der Waals surface area (Å²) >= 11 is 0. The maximum absolute atomic E-state index is 12.4. The quantitative estimate of drug-likeness (QED) is 0.676. The number of amides is 1. The van der Waals surface area contributed by atoms with E-state index in [9.17, 15) is 14.9 Å². The average Bonchev–Trinajstić information content (AvgIpc) is 2.87. The van der Waals surface area contributed by atoms with Gasteiger partial charge in [0.25, 0.3) is 5.91 Å². The van der Waals surface area contributed by atoms with Crippen molar-refractivity contribution in [2.45, 2.75) is 6.54 Å². The molecule has 21 heavy (non-hydrogen) atoms. The molecule has 1 amide bonds. The predicted molar refractivity (Wildman–Crippen MR) is 75.0 cm³/mol. The number of nitro groups is 1. The Balaban J connectivity index is 1.83. The van der Waals surface area contributed by atoms with Crippen molar-refractivity contribution >= 4 is 17.5 Å². The van der Waals surface area contributed by atoms with Gasteiger partial charge in [-0.1, -0.05) is 18.2 Å². The fraction of sp³-hybridized carbons (Fsp3) is 0.214. The van der Waals surface area contributed by atoms with Crippen LogP contribution < -0.4 is 5.32 Å². The van der Waals surface area contributed by atoms with Gasteiger partial charge in [0.15, 0.2) is 5.76 Å². The van der Waals surface area contributed by atoms with Crippen molar-refractivity contribution in [3.63, 3.8) is 0 Å². The van der Waals surface area contributed by atoms with Gasteiger partial charge in [0.2, 0.25) is 0 Å². The second kappa shape index (κ2) is 5.28. The van der Waals surface area contributed by atoms with E-state index in [0.29, 0.717) is 19.6 Å². The summed E-state index contributed by atoms with van der Waals surface area (Å²) in [4.78, 5) is 23.9. The predicted octanol–water partition coefficient (Wildman–Crippen LogP) is 2.26. The van der Waals surface area contributed by atoms with Crippen molar-refractivity contribution in [2.75, 3.05) is 18.4 Å². The number of carbonyl (C=O) groups is 1. The highest BCUT2D eigenvalue weighted by Crippen LogP contribution is 2.22. The molecule has 1 N–H and O–H groups in total. The van der Waals surface area contributed by atoms with E-state index >= 15 is 0 Å². The zero-order chi connectivity index (χ0) is 14.8. The minimum atomic E-state index is -0.657. The van der Waals surface area contributed by atoms with E-state index in [-0.39, 0.29) is 11.7 Å². The van der Waals surface area contributed by atoms with Crippen molar-refractivity contribution in [3.8, 4) is 0 Å². The first-order chi connectivity index (χ1) is 10.1. The summed E-state index contributed by atoms with van der Waals surface area (Å²) in [7, 11) is 0. The molecule has 0 fully saturated rings. The number of anilines is 1. The standard InChI is InChI=1S/C14H13N3O4/c18-14(12-5-6-13(21-12)17(19)20)16-8-7-15-11-4-2-1-3-10(11)9-16/h1-6,15H,7-9H2. The number of nitrogens with one attached hydrogen (secondary N) is 1. The van der Waals surface area contributed by atoms with Gasteiger partial charge in [-0.3, -0.25) is 14.9 Å². The number of benzene rings is 1. The Hall–Kier alpha value is -2.83. The molecule has 0 spiro atoms. The van der Waals surface area contributed by atoms with Crippen molar-refractivity contribution in [2.24, 2.45) is 0 Å². The van der Waals surface area contributed by atoms with Crippen LogP contribution in [-0.2, 0) is 6.54 Å². The van der Waals surface area contributed by atoms with Gasteiger partial charge in [-0.2, -0.15) is 0 Å². The Bertz CT molecular complexity index is 695. The molecule has 0 bridgehead atoms. The van der Waals surface area contributed by atoms with Gasteiger partial charge >= 0.3 is 5.88 Å². The van der Waals surface area contributed by atoms with Crippen LogP contribution in [0.5, 0.6) is 0 Å². The van der Waals surface area contributed by atoms with Crippen LogP contribution in [-0.4, -0.2) is 28.8 Å². The van der Waals surface area contributed by atoms with Gasteiger partial charge in [0.1, 0.15) is 4.92 Å². The molecule has 108 valence electrons. The van der Waals surface area contributed by atoms with Crippen LogP contribution in [0.2, 0.25) is 0 Å². The fourth-order valence-corrected chi connectivity index (χ4v) is 2.31. The van der Waals surface area contributed by atoms with Gasteiger partial charge in [0, 0.05) is 25.3 Å². The minimum Gasteiger partial charge on any atom is -0.395 e. The number of para-hydroxylation sites is 1. The van der Waals surface area contributed by atoms with E-state index < -0.39 is 10.8 Å². The number of fused-ring (bicyclic) bond motifs is 1. The van der Waals surface area contributed by atoms with Gasteiger partial charge in [-0.15, -0.1) is 0 Å². The number of rotatable bonds is 2. The van der Waals surface area contributed by atoms with Gasteiger partial charge in [-0.05, 0) is 17.7 Å². The summed E-state index contributed by atoms with van der Waals surface area (Å²) < 4.78 is 4.98. The second-order valence-electron chi connectivity index (χ2n) is 4.71. The number of hydrogen-bond acceptors (Lipinski definition) is 5. The van der Waals surface area contributed by atoms with E-state index in [1.165, 1.54) is 12.1 Å². The number of nitrogens with zero attached hydrogens (tertiary/aromatic N) is 2. The summed E-state index contributed by atoms with van der Waals surface area (Å²) in [5.41, 5.74) is 2.00. The third-order valence-electron chi connectivity index (χ3n) is 3.35. The lowest BCUT2D eigenvalue weighted by molar-refractivity contribution is -0.402. The molecular weight excluding hydrogens is 274 g/mol. The first-order valence-electron chi connectivity index (χ1n) is 6.50. The molecule has 7 heteroatoms. The van der Waals surface area contributed by atoms with Crippen molar-refractivity contribution in [3.05, 3.63) is 57.8 Å². The maximum Gasteiger partial charge on any atom is 0.433 e. The monoisotopic (exact) mass is 287 g/mol. The normalized spacial score (nSPS) is 14.0. The Morgan fingerprint density at radius 1 is 1.29 bits per heavy atom. The molecule has 1 aromatic carbocycles. The number of carbonyl (C=O) groups excluding carboxylic acids is 1. The summed E-state index contributed by atoms with van der Waals surface area (Å²) in [6, 6.07) is 10.3. The van der Waals surface area contributed by atoms with E-state index in [0.717, 1.165) is 11.3 Å². The molecule has 0 saturated heterocycles. The minimum absolute atomic E-state index is 0.0129. The van der Waals surface area contributed by atoms with Crippen molar-refractivity contribution in [1.82, 2.24) is 4.90 Å². The van der Waals surface area contributed by atoms with Crippen LogP contribution in [0.25, 0.3) is 0 Å². The molecule has 0 radical (unpaired) electrons. The molecule has 1 aromatic heterocycles. The molecule has 1 aliphatic rings. The van der Waals surface area contributed by atoms with Crippen LogP contribution in [0.4, 0.5) is 11.6 Å². The summed E-state index contributed by atoms with van der Waals surface area (Å²) in [6.45, 7) is 1.56. The van der Waals surface area contributed by atoms with E-state index in [2.05, 4.69) is 5.32 Å². The highest BCUT2D eigenvalue weighted by molar-refractivity contribution is 5.92. The Morgan fingerprint density at radius 3 is 2.86 bits per heavy atom. The highest BCUT2D eigenvalue weighted by atomic mass is 16.6. The lowest BCUT2D eigenvalue weighted by Crippen LogP contribution is -2.32. The van der Waals surface area contributed by atoms with Crippen LogP contribution in [0, 0.1) is 10.1 Å². The molecule has 0 saturated carbocycles. The summed E-state index contributed by atoms with van der Waals surface area (Å²) in [5, 5.41) is 13.9. The number of hydrogen-bond donors (Lipinski definition) is 1. The topological polar surface area (TPSA) is 88.6 Å².